The summed E-state index contributed by atoms with van der Waals surface area (Å²) in [4.78, 5) is 0.293. The summed E-state index contributed by atoms with van der Waals surface area (Å²) < 4.78 is 29.6. The highest BCUT2D eigenvalue weighted by atomic mass is 79.9. The van der Waals surface area contributed by atoms with Gasteiger partial charge in [-0.15, -0.1) is 0 Å². The standard InChI is InChI=1S/C21H23N2O2S.BrH/c1-18-7-5-8-20(17-18)19-9-11-21(12-10-19)26(24,25)22-13-6-16-23-14-3-2-4-15-23;/h2-5,7-12,14-15,17,22H,6,13,16H2,1H3;1H/q+1;/p-1. The van der Waals surface area contributed by atoms with Crippen LogP contribution in [0.1, 0.15) is 12.0 Å². The van der Waals surface area contributed by atoms with Crippen molar-refractivity contribution >= 4 is 10.0 Å². The number of benzene rings is 2. The fourth-order valence-electron chi connectivity index (χ4n) is 2.79. The molecule has 0 atom stereocenters. The SMILES string of the molecule is Cc1cccc(-c2ccc(S(=O)(=O)NCCC[n+]3ccccc3)cc2)c1.[Br-]. The first-order chi connectivity index (χ1) is 12.5. The van der Waals surface area contributed by atoms with E-state index in [9.17, 15) is 8.42 Å². The van der Waals surface area contributed by atoms with Gasteiger partial charge in [0.25, 0.3) is 0 Å². The number of nitrogens with one attached hydrogen (secondary N) is 1. The molecule has 0 amide bonds. The van der Waals surface area contributed by atoms with E-state index in [2.05, 4.69) is 10.8 Å². The molecule has 0 aliphatic rings. The van der Waals surface area contributed by atoms with E-state index in [4.69, 9.17) is 0 Å². The van der Waals surface area contributed by atoms with Gasteiger partial charge in [0.15, 0.2) is 12.4 Å². The summed E-state index contributed by atoms with van der Waals surface area (Å²) in [6, 6.07) is 21.0. The van der Waals surface area contributed by atoms with Crippen molar-refractivity contribution in [2.45, 2.75) is 24.8 Å². The van der Waals surface area contributed by atoms with E-state index in [1.165, 1.54) is 5.56 Å². The second kappa shape index (κ2) is 9.78. The molecule has 0 spiro atoms. The Hall–Kier alpha value is -2.02. The Balaban J connectivity index is 0.00000261. The Labute approximate surface area is 171 Å². The molecule has 0 saturated carbocycles. The van der Waals surface area contributed by atoms with Gasteiger partial charge in [0.2, 0.25) is 10.0 Å². The predicted octanol–water partition coefficient (Wildman–Crippen LogP) is 0.322. The summed E-state index contributed by atoms with van der Waals surface area (Å²) in [5.74, 6) is 0. The Morgan fingerprint density at radius 3 is 2.26 bits per heavy atom. The molecule has 1 N–H and O–H groups in total. The Bertz CT molecular complexity index is 959. The smallest absolute Gasteiger partial charge is 0.240 e. The summed E-state index contributed by atoms with van der Waals surface area (Å²) in [6.45, 7) is 3.22. The van der Waals surface area contributed by atoms with Crippen LogP contribution in [0.25, 0.3) is 11.1 Å². The van der Waals surface area contributed by atoms with Crippen molar-refractivity contribution in [2.75, 3.05) is 6.54 Å². The van der Waals surface area contributed by atoms with Crippen LogP contribution in [0.4, 0.5) is 0 Å². The van der Waals surface area contributed by atoms with Crippen molar-refractivity contribution in [1.29, 1.82) is 0 Å². The molecular formula is C21H23BrN2O2S. The zero-order chi connectivity index (χ0) is 18.4. The van der Waals surface area contributed by atoms with Crippen LogP contribution in [0.15, 0.2) is 84.0 Å². The van der Waals surface area contributed by atoms with E-state index in [0.717, 1.165) is 24.1 Å². The maximum atomic E-state index is 12.4. The molecule has 0 radical (unpaired) electrons. The van der Waals surface area contributed by atoms with E-state index in [1.54, 1.807) is 12.1 Å². The maximum Gasteiger partial charge on any atom is 0.240 e. The Morgan fingerprint density at radius 1 is 0.889 bits per heavy atom. The van der Waals surface area contributed by atoms with Crippen LogP contribution in [-0.4, -0.2) is 15.0 Å². The Kier molecular flexibility index (Phi) is 7.71. The van der Waals surface area contributed by atoms with E-state index in [0.29, 0.717) is 11.4 Å². The summed E-state index contributed by atoms with van der Waals surface area (Å²) in [6.07, 6.45) is 4.67. The van der Waals surface area contributed by atoms with Gasteiger partial charge in [0.05, 0.1) is 4.90 Å². The maximum absolute atomic E-state index is 12.4. The molecule has 142 valence electrons. The van der Waals surface area contributed by atoms with Crippen LogP contribution in [0.3, 0.4) is 0 Å². The number of aryl methyl sites for hydroxylation is 2. The van der Waals surface area contributed by atoms with Crippen molar-refractivity contribution in [3.8, 4) is 11.1 Å². The fourth-order valence-corrected chi connectivity index (χ4v) is 3.86. The molecule has 0 bridgehead atoms. The van der Waals surface area contributed by atoms with Gasteiger partial charge in [-0.05, 0) is 30.2 Å². The second-order valence-corrected chi connectivity index (χ2v) is 8.03. The molecule has 0 aliphatic heterocycles. The topological polar surface area (TPSA) is 50.1 Å². The molecule has 0 fully saturated rings. The van der Waals surface area contributed by atoms with Crippen molar-refractivity contribution in [1.82, 2.24) is 4.72 Å². The summed E-state index contributed by atoms with van der Waals surface area (Å²) in [5, 5.41) is 0. The first-order valence-electron chi connectivity index (χ1n) is 8.65. The average molecular weight is 447 g/mol. The number of pyridine rings is 1. The van der Waals surface area contributed by atoms with E-state index >= 15 is 0 Å². The number of hydrogen-bond acceptors (Lipinski definition) is 2. The molecule has 4 nitrogen and oxygen atoms in total. The molecule has 1 heterocycles. The third kappa shape index (κ3) is 5.99. The average Bonchev–Trinajstić information content (AvgIpc) is 2.66. The first kappa shape index (κ1) is 21.3. The van der Waals surface area contributed by atoms with Gasteiger partial charge in [-0.2, -0.15) is 0 Å². The first-order valence-corrected chi connectivity index (χ1v) is 10.1. The molecule has 1 aromatic heterocycles. The number of hydrogen-bond donors (Lipinski definition) is 1. The Morgan fingerprint density at radius 2 is 1.59 bits per heavy atom. The van der Waals surface area contributed by atoms with Gasteiger partial charge in [0, 0.05) is 25.1 Å². The highest BCUT2D eigenvalue weighted by molar-refractivity contribution is 7.89. The molecule has 6 heteroatoms. The van der Waals surface area contributed by atoms with Gasteiger partial charge < -0.3 is 17.0 Å². The molecular weight excluding hydrogens is 424 g/mol. The number of sulfonamides is 1. The zero-order valence-electron chi connectivity index (χ0n) is 15.2. The number of rotatable bonds is 7. The highest BCUT2D eigenvalue weighted by Crippen LogP contribution is 2.22. The predicted molar refractivity (Wildman–Crippen MR) is 103 cm³/mol. The second-order valence-electron chi connectivity index (χ2n) is 6.26. The van der Waals surface area contributed by atoms with Crippen molar-refractivity contribution in [3.05, 3.63) is 84.7 Å². The highest BCUT2D eigenvalue weighted by Gasteiger charge is 2.13. The largest absolute Gasteiger partial charge is 1.00 e. The van der Waals surface area contributed by atoms with Crippen LogP contribution in [0.5, 0.6) is 0 Å². The molecule has 0 aliphatic carbocycles. The van der Waals surface area contributed by atoms with Gasteiger partial charge in [-0.1, -0.05) is 48.0 Å². The molecule has 3 rings (SSSR count). The summed E-state index contributed by atoms with van der Waals surface area (Å²) in [7, 11) is -3.48. The minimum Gasteiger partial charge on any atom is -1.00 e. The van der Waals surface area contributed by atoms with Crippen LogP contribution < -0.4 is 26.3 Å². The van der Waals surface area contributed by atoms with E-state index in [1.807, 2.05) is 72.4 Å². The summed E-state index contributed by atoms with van der Waals surface area (Å²) in [5.41, 5.74) is 3.27. The van der Waals surface area contributed by atoms with Gasteiger partial charge in [-0.25, -0.2) is 17.7 Å². The fraction of sp³-hybridized carbons (Fsp3) is 0.190. The lowest BCUT2D eigenvalue weighted by Gasteiger charge is -2.08. The lowest BCUT2D eigenvalue weighted by molar-refractivity contribution is -0.697. The lowest BCUT2D eigenvalue weighted by Crippen LogP contribution is -3.00. The van der Waals surface area contributed by atoms with Crippen LogP contribution >= 0.6 is 0 Å². The summed E-state index contributed by atoms with van der Waals surface area (Å²) >= 11 is 0. The van der Waals surface area contributed by atoms with Crippen LogP contribution in [0, 0.1) is 6.92 Å². The monoisotopic (exact) mass is 446 g/mol. The molecule has 3 aromatic rings. The lowest BCUT2D eigenvalue weighted by atomic mass is 10.0. The van der Waals surface area contributed by atoms with Gasteiger partial charge in [-0.3, -0.25) is 0 Å². The number of halogens is 1. The van der Waals surface area contributed by atoms with Crippen molar-refractivity contribution in [2.24, 2.45) is 0 Å². The number of aromatic nitrogens is 1. The molecule has 0 unspecified atom stereocenters. The quantitative estimate of drug-likeness (QED) is 0.419. The normalized spacial score (nSPS) is 11.0. The third-order valence-corrected chi connectivity index (χ3v) is 5.66. The van der Waals surface area contributed by atoms with Crippen molar-refractivity contribution < 1.29 is 30.0 Å². The van der Waals surface area contributed by atoms with E-state index in [-0.39, 0.29) is 17.0 Å². The zero-order valence-corrected chi connectivity index (χ0v) is 17.6. The minimum atomic E-state index is -3.48. The van der Waals surface area contributed by atoms with Gasteiger partial charge >= 0.3 is 0 Å². The molecule has 27 heavy (non-hydrogen) atoms. The van der Waals surface area contributed by atoms with Crippen molar-refractivity contribution in [3.63, 3.8) is 0 Å². The van der Waals surface area contributed by atoms with Crippen LogP contribution in [-0.2, 0) is 16.6 Å². The number of nitrogens with zero attached hydrogens (tertiary/aromatic N) is 1. The molecule has 2 aromatic carbocycles. The molecule has 0 saturated heterocycles. The third-order valence-electron chi connectivity index (χ3n) is 4.18. The van der Waals surface area contributed by atoms with Gasteiger partial charge in [0.1, 0.15) is 6.54 Å². The van der Waals surface area contributed by atoms with Crippen LogP contribution in [0.2, 0.25) is 0 Å². The minimum absolute atomic E-state index is 0. The van der Waals surface area contributed by atoms with E-state index < -0.39 is 10.0 Å².